The van der Waals surface area contributed by atoms with E-state index in [4.69, 9.17) is 5.73 Å². The minimum atomic E-state index is 0.547. The highest BCUT2D eigenvalue weighted by Crippen LogP contribution is 2.03. The largest absolute Gasteiger partial charge is 0.345 e. The molecule has 0 aliphatic rings. The number of rotatable bonds is 3. The highest BCUT2D eigenvalue weighted by atomic mass is 14.9. The fourth-order valence-electron chi connectivity index (χ4n) is 1.000. The lowest BCUT2D eigenvalue weighted by atomic mass is 10.1. The average molecular weight is 153 g/mol. The Balaban J connectivity index is 2.58. The van der Waals surface area contributed by atoms with Gasteiger partial charge in [-0.2, -0.15) is 0 Å². The summed E-state index contributed by atoms with van der Waals surface area (Å²) in [7, 11) is 0. The van der Waals surface area contributed by atoms with Crippen molar-refractivity contribution in [3.63, 3.8) is 0 Å². The van der Waals surface area contributed by atoms with Gasteiger partial charge in [0.1, 0.15) is 5.82 Å². The van der Waals surface area contributed by atoms with Gasteiger partial charge in [0, 0.05) is 24.9 Å². The van der Waals surface area contributed by atoms with Crippen molar-refractivity contribution in [2.45, 2.75) is 26.8 Å². The van der Waals surface area contributed by atoms with Crippen LogP contribution >= 0.6 is 0 Å². The van der Waals surface area contributed by atoms with E-state index < -0.39 is 0 Å². The Kier molecular flexibility index (Phi) is 2.65. The lowest BCUT2D eigenvalue weighted by Crippen LogP contribution is -1.98. The summed E-state index contributed by atoms with van der Waals surface area (Å²) >= 11 is 0. The monoisotopic (exact) mass is 153 g/mol. The summed E-state index contributed by atoms with van der Waals surface area (Å²) in [5.41, 5.74) is 6.44. The summed E-state index contributed by atoms with van der Waals surface area (Å²) in [5.74, 6) is 1.69. The maximum Gasteiger partial charge on any atom is 0.106 e. The smallest absolute Gasteiger partial charge is 0.106 e. The van der Waals surface area contributed by atoms with Crippen molar-refractivity contribution in [3.8, 4) is 0 Å². The zero-order valence-corrected chi connectivity index (χ0v) is 7.09. The van der Waals surface area contributed by atoms with E-state index in [0.29, 0.717) is 12.5 Å². The number of imidazole rings is 1. The average Bonchev–Trinajstić information content (AvgIpc) is 2.34. The topological polar surface area (TPSA) is 54.7 Å². The number of aromatic nitrogens is 2. The molecule has 0 aromatic carbocycles. The number of nitrogens with zero attached hydrogens (tertiary/aromatic N) is 1. The number of nitrogens with two attached hydrogens (primary N) is 1. The lowest BCUT2D eigenvalue weighted by molar-refractivity contribution is 0.625. The molecule has 0 saturated carbocycles. The van der Waals surface area contributed by atoms with Crippen molar-refractivity contribution in [1.29, 1.82) is 0 Å². The van der Waals surface area contributed by atoms with Gasteiger partial charge in [-0.15, -0.1) is 0 Å². The number of hydrogen-bond acceptors (Lipinski definition) is 2. The molecule has 1 aromatic rings. The standard InChI is InChI=1S/C8H15N3/c1-6(2)3-8-10-5-7(4-9)11-8/h5-6H,3-4,9H2,1-2H3,(H,10,11). The maximum atomic E-state index is 5.42. The summed E-state index contributed by atoms with van der Waals surface area (Å²) in [4.78, 5) is 7.35. The SMILES string of the molecule is CC(C)Cc1ncc(CN)[nH]1. The molecule has 0 bridgehead atoms. The van der Waals surface area contributed by atoms with Gasteiger partial charge in [-0.3, -0.25) is 0 Å². The first kappa shape index (κ1) is 8.27. The summed E-state index contributed by atoms with van der Waals surface area (Å²) in [6.45, 7) is 4.89. The van der Waals surface area contributed by atoms with Crippen LogP contribution < -0.4 is 5.73 Å². The highest BCUT2D eigenvalue weighted by molar-refractivity contribution is 5.00. The molecule has 0 radical (unpaired) electrons. The van der Waals surface area contributed by atoms with Crippen LogP contribution in [0.25, 0.3) is 0 Å². The third kappa shape index (κ3) is 2.35. The molecule has 0 spiro atoms. The van der Waals surface area contributed by atoms with E-state index >= 15 is 0 Å². The number of aromatic amines is 1. The molecule has 3 heteroatoms. The molecule has 1 rings (SSSR count). The predicted molar refractivity (Wildman–Crippen MR) is 45.0 cm³/mol. The van der Waals surface area contributed by atoms with Crippen LogP contribution in [0.5, 0.6) is 0 Å². The van der Waals surface area contributed by atoms with Crippen molar-refractivity contribution in [3.05, 3.63) is 17.7 Å². The first-order valence-electron chi connectivity index (χ1n) is 3.95. The van der Waals surface area contributed by atoms with E-state index in [2.05, 4.69) is 23.8 Å². The van der Waals surface area contributed by atoms with E-state index in [1.165, 1.54) is 0 Å². The van der Waals surface area contributed by atoms with Crippen molar-refractivity contribution >= 4 is 0 Å². The Labute approximate surface area is 67.0 Å². The van der Waals surface area contributed by atoms with Crippen molar-refractivity contribution in [1.82, 2.24) is 9.97 Å². The van der Waals surface area contributed by atoms with E-state index in [9.17, 15) is 0 Å². The quantitative estimate of drug-likeness (QED) is 0.682. The first-order chi connectivity index (χ1) is 5.22. The van der Waals surface area contributed by atoms with Crippen LogP contribution in [0.3, 0.4) is 0 Å². The zero-order chi connectivity index (χ0) is 8.27. The van der Waals surface area contributed by atoms with Crippen LogP contribution in [-0.4, -0.2) is 9.97 Å². The molecule has 0 aliphatic carbocycles. The molecule has 0 atom stereocenters. The van der Waals surface area contributed by atoms with Gasteiger partial charge >= 0.3 is 0 Å². The maximum absolute atomic E-state index is 5.42. The molecule has 62 valence electrons. The van der Waals surface area contributed by atoms with Gasteiger partial charge in [0.15, 0.2) is 0 Å². The van der Waals surface area contributed by atoms with Crippen LogP contribution in [0.4, 0.5) is 0 Å². The van der Waals surface area contributed by atoms with E-state index in [1.807, 2.05) is 0 Å². The third-order valence-electron chi connectivity index (χ3n) is 1.50. The van der Waals surface area contributed by atoms with Crippen LogP contribution in [0.1, 0.15) is 25.4 Å². The Morgan fingerprint density at radius 2 is 2.36 bits per heavy atom. The Hall–Kier alpha value is -0.830. The molecule has 11 heavy (non-hydrogen) atoms. The van der Waals surface area contributed by atoms with Crippen LogP contribution in [0, 0.1) is 5.92 Å². The molecular weight excluding hydrogens is 138 g/mol. The molecular formula is C8H15N3. The van der Waals surface area contributed by atoms with Gasteiger partial charge in [-0.05, 0) is 5.92 Å². The summed E-state index contributed by atoms with van der Waals surface area (Å²) in [5, 5.41) is 0. The highest BCUT2D eigenvalue weighted by Gasteiger charge is 2.00. The van der Waals surface area contributed by atoms with E-state index in [1.54, 1.807) is 6.20 Å². The van der Waals surface area contributed by atoms with E-state index in [-0.39, 0.29) is 0 Å². The van der Waals surface area contributed by atoms with Gasteiger partial charge in [0.2, 0.25) is 0 Å². The van der Waals surface area contributed by atoms with Crippen molar-refractivity contribution in [2.24, 2.45) is 11.7 Å². The molecule has 0 amide bonds. The van der Waals surface area contributed by atoms with Crippen molar-refractivity contribution < 1.29 is 0 Å². The Morgan fingerprint density at radius 3 is 2.82 bits per heavy atom. The third-order valence-corrected chi connectivity index (χ3v) is 1.50. The Morgan fingerprint density at radius 1 is 1.64 bits per heavy atom. The summed E-state index contributed by atoms with van der Waals surface area (Å²) in [6.07, 6.45) is 2.80. The second-order valence-corrected chi connectivity index (χ2v) is 3.16. The van der Waals surface area contributed by atoms with Gasteiger partial charge in [-0.1, -0.05) is 13.8 Å². The second-order valence-electron chi connectivity index (χ2n) is 3.16. The first-order valence-corrected chi connectivity index (χ1v) is 3.95. The van der Waals surface area contributed by atoms with Gasteiger partial charge in [0.05, 0.1) is 0 Å². The zero-order valence-electron chi connectivity index (χ0n) is 7.09. The molecule has 0 aliphatic heterocycles. The normalized spacial score (nSPS) is 10.9. The number of hydrogen-bond donors (Lipinski definition) is 2. The van der Waals surface area contributed by atoms with Gasteiger partial charge < -0.3 is 10.7 Å². The fourth-order valence-corrected chi connectivity index (χ4v) is 1.000. The Bertz CT molecular complexity index is 215. The van der Waals surface area contributed by atoms with Crippen LogP contribution in [0.15, 0.2) is 6.20 Å². The summed E-state index contributed by atoms with van der Waals surface area (Å²) in [6, 6.07) is 0. The molecule has 1 aromatic heterocycles. The van der Waals surface area contributed by atoms with Crippen LogP contribution in [0.2, 0.25) is 0 Å². The number of H-pyrrole nitrogens is 1. The number of nitrogens with one attached hydrogen (secondary N) is 1. The predicted octanol–water partition coefficient (Wildman–Crippen LogP) is 1.07. The van der Waals surface area contributed by atoms with Gasteiger partial charge in [0.25, 0.3) is 0 Å². The molecule has 0 unspecified atom stereocenters. The molecule has 0 saturated heterocycles. The van der Waals surface area contributed by atoms with Crippen LogP contribution in [-0.2, 0) is 13.0 Å². The molecule has 3 nitrogen and oxygen atoms in total. The molecule has 1 heterocycles. The van der Waals surface area contributed by atoms with E-state index in [0.717, 1.165) is 17.9 Å². The molecule has 3 N–H and O–H groups in total. The summed E-state index contributed by atoms with van der Waals surface area (Å²) < 4.78 is 0. The molecule has 0 fully saturated rings. The fraction of sp³-hybridized carbons (Fsp3) is 0.625. The van der Waals surface area contributed by atoms with Gasteiger partial charge in [-0.25, -0.2) is 4.98 Å². The lowest BCUT2D eigenvalue weighted by Gasteiger charge is -1.98. The van der Waals surface area contributed by atoms with Crippen molar-refractivity contribution in [2.75, 3.05) is 0 Å². The minimum Gasteiger partial charge on any atom is -0.345 e. The second kappa shape index (κ2) is 3.53. The minimum absolute atomic E-state index is 0.547.